The Kier molecular flexibility index (Phi) is 8.76. The second kappa shape index (κ2) is 7.91. The van der Waals surface area contributed by atoms with Gasteiger partial charge in [0.25, 0.3) is 0 Å². The Morgan fingerprint density at radius 1 is 1.33 bits per heavy atom. The Morgan fingerprint density at radius 3 is 1.94 bits per heavy atom. The van der Waals surface area contributed by atoms with Gasteiger partial charge in [0.2, 0.25) is 5.76 Å². The molecule has 0 amide bonds. The van der Waals surface area contributed by atoms with Crippen molar-refractivity contribution in [3.63, 3.8) is 0 Å². The summed E-state index contributed by atoms with van der Waals surface area (Å²) in [6.45, 7) is -0.671. The summed E-state index contributed by atoms with van der Waals surface area (Å²) in [4.78, 5) is 32.1. The molecule has 10 nitrogen and oxygen atoms in total. The molecule has 0 saturated heterocycles. The van der Waals surface area contributed by atoms with Crippen LogP contribution in [0, 0.1) is 0 Å². The number of hydrogen-bond donors (Lipinski definition) is 7. The molecule has 12 heteroatoms. The summed E-state index contributed by atoms with van der Waals surface area (Å²) in [5.74, 6) is -2.78. The van der Waals surface area contributed by atoms with Crippen molar-refractivity contribution < 1.29 is 52.1 Å². The van der Waals surface area contributed by atoms with Crippen molar-refractivity contribution in [3.8, 4) is 0 Å². The Labute approximate surface area is 119 Å². The number of ether oxygens (including phenoxy) is 1. The van der Waals surface area contributed by atoms with Crippen LogP contribution in [0.3, 0.4) is 0 Å². The fourth-order valence-corrected chi connectivity index (χ4v) is 0.823. The van der Waals surface area contributed by atoms with E-state index < -0.39 is 44.1 Å². The van der Waals surface area contributed by atoms with E-state index >= 15 is 0 Å². The first-order valence-electron chi connectivity index (χ1n) is 3.98. The second-order valence-corrected chi connectivity index (χ2v) is 3.85. The van der Waals surface area contributed by atoms with Gasteiger partial charge in [-0.3, -0.25) is 0 Å². The fraction of sp³-hybridized carbons (Fsp3) is 0.500. The van der Waals surface area contributed by atoms with Crippen molar-refractivity contribution in [1.29, 1.82) is 0 Å². The van der Waals surface area contributed by atoms with E-state index in [2.05, 4.69) is 4.74 Å². The summed E-state index contributed by atoms with van der Waals surface area (Å²) in [5, 5.41) is 35.0. The first-order chi connectivity index (χ1) is 7.57. The molecule has 1 aliphatic heterocycles. The van der Waals surface area contributed by atoms with Crippen LogP contribution in [0.5, 0.6) is 0 Å². The molecule has 0 aromatic rings. The molecular weight excluding hydrogens is 287 g/mol. The van der Waals surface area contributed by atoms with Gasteiger partial charge in [-0.15, -0.1) is 0 Å². The van der Waals surface area contributed by atoms with Crippen molar-refractivity contribution in [2.75, 3.05) is 6.61 Å². The molecule has 7 N–H and O–H groups in total. The van der Waals surface area contributed by atoms with Gasteiger partial charge in [0, 0.05) is 0 Å². The smallest absolute Gasteiger partial charge is 1.00 e. The first kappa shape index (κ1) is 19.9. The van der Waals surface area contributed by atoms with Crippen molar-refractivity contribution in [2.24, 2.45) is 0 Å². The molecule has 0 aliphatic carbocycles. The van der Waals surface area contributed by atoms with E-state index in [9.17, 15) is 4.79 Å². The molecule has 0 aromatic heterocycles. The predicted molar refractivity (Wildman–Crippen MR) is 57.5 cm³/mol. The summed E-state index contributed by atoms with van der Waals surface area (Å²) in [7, 11) is -4.64. The summed E-state index contributed by atoms with van der Waals surface area (Å²) >= 11 is 0. The molecule has 1 rings (SSSR count). The minimum absolute atomic E-state index is 0. The van der Waals surface area contributed by atoms with Crippen LogP contribution in [0.4, 0.5) is 0 Å². The number of esters is 1. The zero-order valence-electron chi connectivity index (χ0n) is 10.9. The number of cyclic esters (lactones) is 1. The maximum atomic E-state index is 10.5. The first-order valence-corrected chi connectivity index (χ1v) is 5.54. The zero-order valence-corrected chi connectivity index (χ0v) is 11.2. The van der Waals surface area contributed by atoms with Crippen LogP contribution >= 0.6 is 7.82 Å². The van der Waals surface area contributed by atoms with E-state index in [4.69, 9.17) is 39.7 Å². The average Bonchev–Trinajstić information content (AvgIpc) is 2.42. The van der Waals surface area contributed by atoms with Gasteiger partial charge in [0.1, 0.15) is 6.10 Å². The fourth-order valence-electron chi connectivity index (χ4n) is 0.823. The Morgan fingerprint density at radius 2 is 1.72 bits per heavy atom. The third-order valence-electron chi connectivity index (χ3n) is 1.48. The molecule has 0 fully saturated rings. The van der Waals surface area contributed by atoms with Crippen LogP contribution in [0.1, 0.15) is 2.85 Å². The molecule has 0 aromatic carbocycles. The Hall–Kier alpha value is -0.394. The average molecular weight is 300 g/mol. The number of phosphoric acid groups is 1. The molecule has 0 radical (unpaired) electrons. The summed E-state index contributed by atoms with van der Waals surface area (Å²) < 4.78 is 13.2. The minimum atomic E-state index is -4.64. The number of rotatable bonds is 2. The zero-order chi connectivity index (χ0) is 13.8. The van der Waals surface area contributed by atoms with Crippen molar-refractivity contribution in [3.05, 3.63) is 11.5 Å². The molecule has 1 aliphatic rings. The van der Waals surface area contributed by atoms with Crippen molar-refractivity contribution in [1.82, 2.24) is 0 Å². The minimum Gasteiger partial charge on any atom is -1.00 e. The molecule has 1 heterocycles. The standard InChI is InChI=1S/C6H8O6.Mg.H3O4P.2H/c7-1-2(8)5-3(9)4(10)6(11)12-5;;1-5(2,3)4;;/h2,5,7-10H,1H2;;(H3,1,2,3,4);;/q;+2;;2*-1/t2-,5+;;;;/m0..../s1. The molecule has 104 valence electrons. The van der Waals surface area contributed by atoms with Gasteiger partial charge in [0.15, 0.2) is 11.9 Å². The summed E-state index contributed by atoms with van der Waals surface area (Å²) in [5.41, 5.74) is 0. The van der Waals surface area contributed by atoms with E-state index in [-0.39, 0.29) is 25.9 Å². The van der Waals surface area contributed by atoms with Crippen LogP contribution in [-0.4, -0.2) is 82.9 Å². The van der Waals surface area contributed by atoms with Crippen LogP contribution in [0.2, 0.25) is 0 Å². The normalized spacial score (nSPS) is 20.5. The maximum absolute atomic E-state index is 10.5. The van der Waals surface area contributed by atoms with E-state index in [1.54, 1.807) is 0 Å². The molecule has 0 bridgehead atoms. The van der Waals surface area contributed by atoms with Crippen LogP contribution < -0.4 is 0 Å². The van der Waals surface area contributed by atoms with E-state index in [1.807, 2.05) is 0 Å². The third-order valence-corrected chi connectivity index (χ3v) is 1.48. The van der Waals surface area contributed by atoms with E-state index in [1.165, 1.54) is 0 Å². The van der Waals surface area contributed by atoms with Gasteiger partial charge in [-0.1, -0.05) is 0 Å². The van der Waals surface area contributed by atoms with Gasteiger partial charge in [0.05, 0.1) is 6.61 Å². The van der Waals surface area contributed by atoms with Gasteiger partial charge in [-0.2, -0.15) is 0 Å². The van der Waals surface area contributed by atoms with Crippen LogP contribution in [0.15, 0.2) is 11.5 Å². The number of carbonyl (C=O) groups is 1. The monoisotopic (exact) mass is 300 g/mol. The number of hydrogen-bond acceptors (Lipinski definition) is 7. The Balaban J connectivity index is -0.000000141. The molecular formula is C6H13MgO10P. The molecule has 0 unspecified atom stereocenters. The van der Waals surface area contributed by atoms with Crippen molar-refractivity contribution in [2.45, 2.75) is 12.2 Å². The number of aliphatic hydroxyl groups is 4. The largest absolute Gasteiger partial charge is 2.00 e. The SMILES string of the molecule is O=C1O[C@H]([C@@H](O)CO)C(O)=C1O.O=P(O)(O)O.[H-].[H-].[Mg+2]. The van der Waals surface area contributed by atoms with Gasteiger partial charge >= 0.3 is 36.8 Å². The van der Waals surface area contributed by atoms with Gasteiger partial charge in [-0.05, 0) is 0 Å². The summed E-state index contributed by atoms with van der Waals surface area (Å²) in [6, 6.07) is 0. The molecule has 0 saturated carbocycles. The Bertz CT molecular complexity index is 362. The van der Waals surface area contributed by atoms with Crippen LogP contribution in [-0.2, 0) is 14.1 Å². The van der Waals surface area contributed by atoms with Gasteiger partial charge in [-0.25, -0.2) is 9.36 Å². The second-order valence-electron chi connectivity index (χ2n) is 2.82. The molecule has 2 atom stereocenters. The maximum Gasteiger partial charge on any atom is 2.00 e. The number of aliphatic hydroxyl groups excluding tert-OH is 4. The quantitative estimate of drug-likeness (QED) is 0.163. The van der Waals surface area contributed by atoms with E-state index in [0.29, 0.717) is 0 Å². The van der Waals surface area contributed by atoms with Crippen LogP contribution in [0.25, 0.3) is 0 Å². The number of carbonyl (C=O) groups excluding carboxylic acids is 1. The van der Waals surface area contributed by atoms with Crippen molar-refractivity contribution >= 4 is 36.8 Å². The molecule has 18 heavy (non-hydrogen) atoms. The topological polar surface area (TPSA) is 185 Å². The van der Waals surface area contributed by atoms with Gasteiger partial charge < -0.3 is 42.7 Å². The van der Waals surface area contributed by atoms with E-state index in [0.717, 1.165) is 0 Å². The molecule has 0 spiro atoms. The third kappa shape index (κ3) is 7.13. The summed E-state index contributed by atoms with van der Waals surface area (Å²) in [6.07, 6.45) is -2.78. The predicted octanol–water partition coefficient (Wildman–Crippen LogP) is -2.49.